The highest BCUT2D eigenvalue weighted by Crippen LogP contribution is 2.55. The molecule has 0 saturated carbocycles. The van der Waals surface area contributed by atoms with Gasteiger partial charge in [0.1, 0.15) is 23.2 Å². The Bertz CT molecular complexity index is 714. The third kappa shape index (κ3) is 6.05. The molecule has 0 atom stereocenters. The molecule has 0 bridgehead atoms. The summed E-state index contributed by atoms with van der Waals surface area (Å²) in [6.07, 6.45) is 13.7. The van der Waals surface area contributed by atoms with E-state index in [0.29, 0.717) is 0 Å². The minimum absolute atomic E-state index is 1.26. The fourth-order valence-corrected chi connectivity index (χ4v) is 8.95. The summed E-state index contributed by atoms with van der Waals surface area (Å²) < 4.78 is 0. The summed E-state index contributed by atoms with van der Waals surface area (Å²) in [5.74, 6) is 0. The van der Waals surface area contributed by atoms with Crippen LogP contribution in [0.15, 0.2) is 91.0 Å². The lowest BCUT2D eigenvalue weighted by Gasteiger charge is -2.27. The van der Waals surface area contributed by atoms with Gasteiger partial charge in [-0.1, -0.05) is 106 Å². The highest BCUT2D eigenvalue weighted by molar-refractivity contribution is 7.95. The molecular weight excluding hydrogens is 379 g/mol. The summed E-state index contributed by atoms with van der Waals surface area (Å²) in [5, 5.41) is 4.55. The van der Waals surface area contributed by atoms with E-state index in [2.05, 4.69) is 97.9 Å². The first-order valence-electron chi connectivity index (χ1n) is 11.9. The van der Waals surface area contributed by atoms with E-state index >= 15 is 0 Å². The molecule has 0 spiro atoms. The topological polar surface area (TPSA) is 0 Å². The zero-order chi connectivity index (χ0) is 20.9. The summed E-state index contributed by atoms with van der Waals surface area (Å²) in [6.45, 7) is 2.29. The number of unbranched alkanes of at least 4 members (excludes halogenated alkanes) is 8. The molecule has 30 heavy (non-hydrogen) atoms. The Kier molecular flexibility index (Phi) is 9.65. The van der Waals surface area contributed by atoms with Crippen molar-refractivity contribution in [3.05, 3.63) is 91.0 Å². The van der Waals surface area contributed by atoms with E-state index in [1.165, 1.54) is 79.9 Å². The van der Waals surface area contributed by atoms with Gasteiger partial charge in [0.15, 0.2) is 0 Å². The standard InChI is InChI=1S/C29H38P/c1-2-3-4-5-6-7-8-9-19-26-30(27-20-13-10-14-21-27,28-22-15-11-16-23-28)29-24-17-12-18-25-29/h10-18,20-25H,2-9,19,26H2,1H3/q+1. The predicted octanol–water partition coefficient (Wildman–Crippen LogP) is 7.51. The van der Waals surface area contributed by atoms with Crippen molar-refractivity contribution in [2.45, 2.75) is 64.7 Å². The maximum Gasteiger partial charge on any atom is 0.112 e. The summed E-state index contributed by atoms with van der Waals surface area (Å²) in [6, 6.07) is 33.9. The lowest BCUT2D eigenvalue weighted by Crippen LogP contribution is -2.33. The first-order chi connectivity index (χ1) is 14.9. The minimum atomic E-state index is -1.62. The van der Waals surface area contributed by atoms with Gasteiger partial charge in [-0.25, -0.2) is 0 Å². The van der Waals surface area contributed by atoms with Crippen LogP contribution in [0.5, 0.6) is 0 Å². The van der Waals surface area contributed by atoms with Crippen LogP contribution in [0.25, 0.3) is 0 Å². The Morgan fingerprint density at radius 2 is 0.767 bits per heavy atom. The Morgan fingerprint density at radius 1 is 0.433 bits per heavy atom. The molecule has 0 radical (unpaired) electrons. The first-order valence-corrected chi connectivity index (χ1v) is 13.9. The molecule has 1 heteroatoms. The van der Waals surface area contributed by atoms with Crippen molar-refractivity contribution in [3.63, 3.8) is 0 Å². The molecular formula is C29H38P+. The Balaban J connectivity index is 1.77. The Hall–Kier alpha value is -1.91. The molecule has 0 amide bonds. The normalized spacial score (nSPS) is 11.5. The van der Waals surface area contributed by atoms with Crippen LogP contribution in [0.1, 0.15) is 64.7 Å². The van der Waals surface area contributed by atoms with E-state index < -0.39 is 7.26 Å². The van der Waals surface area contributed by atoms with Gasteiger partial charge in [-0.3, -0.25) is 0 Å². The SMILES string of the molecule is CCCCCCCCCCC[P+](c1ccccc1)(c1ccccc1)c1ccccc1. The second kappa shape index (κ2) is 12.7. The van der Waals surface area contributed by atoms with Gasteiger partial charge in [-0.05, 0) is 49.2 Å². The third-order valence-electron chi connectivity index (χ3n) is 6.19. The van der Waals surface area contributed by atoms with Crippen molar-refractivity contribution in [3.8, 4) is 0 Å². The average molecular weight is 418 g/mol. The van der Waals surface area contributed by atoms with Gasteiger partial charge in [-0.15, -0.1) is 0 Å². The largest absolute Gasteiger partial charge is 0.112 e. The van der Waals surface area contributed by atoms with E-state index in [4.69, 9.17) is 0 Å². The molecule has 3 aromatic rings. The molecule has 0 heterocycles. The molecule has 3 rings (SSSR count). The quantitative estimate of drug-likeness (QED) is 0.199. The molecule has 0 nitrogen and oxygen atoms in total. The fraction of sp³-hybridized carbons (Fsp3) is 0.379. The monoisotopic (exact) mass is 417 g/mol. The zero-order valence-electron chi connectivity index (χ0n) is 18.7. The van der Waals surface area contributed by atoms with Gasteiger partial charge in [0, 0.05) is 0 Å². The van der Waals surface area contributed by atoms with Crippen LogP contribution in [-0.2, 0) is 0 Å². The summed E-state index contributed by atoms with van der Waals surface area (Å²) in [5.41, 5.74) is 0. The molecule has 0 fully saturated rings. The number of hydrogen-bond donors (Lipinski definition) is 0. The number of hydrogen-bond acceptors (Lipinski definition) is 0. The zero-order valence-corrected chi connectivity index (χ0v) is 19.6. The van der Waals surface area contributed by atoms with Gasteiger partial charge in [-0.2, -0.15) is 0 Å². The van der Waals surface area contributed by atoms with Crippen LogP contribution in [0.4, 0.5) is 0 Å². The maximum atomic E-state index is 2.36. The van der Waals surface area contributed by atoms with Gasteiger partial charge < -0.3 is 0 Å². The van der Waals surface area contributed by atoms with E-state index in [9.17, 15) is 0 Å². The van der Waals surface area contributed by atoms with E-state index in [0.717, 1.165) is 0 Å². The molecule has 0 saturated heterocycles. The van der Waals surface area contributed by atoms with Crippen LogP contribution in [0, 0.1) is 0 Å². The molecule has 3 aromatic carbocycles. The maximum absolute atomic E-state index is 2.36. The lowest BCUT2D eigenvalue weighted by molar-refractivity contribution is 0.573. The van der Waals surface area contributed by atoms with Crippen LogP contribution < -0.4 is 15.9 Å². The highest BCUT2D eigenvalue weighted by Gasteiger charge is 2.44. The fourth-order valence-electron chi connectivity index (χ4n) is 4.54. The number of rotatable bonds is 13. The van der Waals surface area contributed by atoms with E-state index in [1.807, 2.05) is 0 Å². The van der Waals surface area contributed by atoms with Crippen molar-refractivity contribution in [1.82, 2.24) is 0 Å². The second-order valence-corrected chi connectivity index (χ2v) is 12.0. The van der Waals surface area contributed by atoms with Gasteiger partial charge >= 0.3 is 0 Å². The van der Waals surface area contributed by atoms with Gasteiger partial charge in [0.05, 0.1) is 6.16 Å². The molecule has 0 unspecified atom stereocenters. The van der Waals surface area contributed by atoms with Crippen LogP contribution >= 0.6 is 7.26 Å². The van der Waals surface area contributed by atoms with Crippen molar-refractivity contribution in [2.75, 3.05) is 6.16 Å². The molecule has 0 N–H and O–H groups in total. The molecule has 0 aromatic heterocycles. The number of benzene rings is 3. The van der Waals surface area contributed by atoms with E-state index in [1.54, 1.807) is 0 Å². The van der Waals surface area contributed by atoms with Crippen molar-refractivity contribution >= 4 is 23.2 Å². The molecule has 0 aliphatic rings. The summed E-state index contributed by atoms with van der Waals surface area (Å²) >= 11 is 0. The van der Waals surface area contributed by atoms with Crippen molar-refractivity contribution in [2.24, 2.45) is 0 Å². The first kappa shape index (κ1) is 22.8. The van der Waals surface area contributed by atoms with Gasteiger partial charge in [0.25, 0.3) is 0 Å². The third-order valence-corrected chi connectivity index (χ3v) is 10.7. The van der Waals surface area contributed by atoms with Crippen molar-refractivity contribution < 1.29 is 0 Å². The second-order valence-electron chi connectivity index (χ2n) is 8.37. The summed E-state index contributed by atoms with van der Waals surface area (Å²) in [4.78, 5) is 0. The predicted molar refractivity (Wildman–Crippen MR) is 137 cm³/mol. The van der Waals surface area contributed by atoms with Crippen molar-refractivity contribution in [1.29, 1.82) is 0 Å². The summed E-state index contributed by atoms with van der Waals surface area (Å²) in [7, 11) is -1.62. The molecule has 0 aliphatic heterocycles. The molecule has 158 valence electrons. The minimum Gasteiger partial charge on any atom is -0.0654 e. The highest BCUT2D eigenvalue weighted by atomic mass is 31.2. The van der Waals surface area contributed by atoms with E-state index in [-0.39, 0.29) is 0 Å². The molecule has 0 aliphatic carbocycles. The van der Waals surface area contributed by atoms with Crippen LogP contribution in [0.3, 0.4) is 0 Å². The smallest absolute Gasteiger partial charge is 0.0654 e. The Morgan fingerprint density at radius 3 is 1.13 bits per heavy atom. The van der Waals surface area contributed by atoms with Crippen LogP contribution in [0.2, 0.25) is 0 Å². The van der Waals surface area contributed by atoms with Crippen LogP contribution in [-0.4, -0.2) is 6.16 Å². The lowest BCUT2D eigenvalue weighted by atomic mass is 10.1. The average Bonchev–Trinajstić information content (AvgIpc) is 2.82. The van der Waals surface area contributed by atoms with Gasteiger partial charge in [0.2, 0.25) is 0 Å². The Labute approximate surface area is 185 Å².